The molecule has 3 aromatic heterocycles. The van der Waals surface area contributed by atoms with Gasteiger partial charge < -0.3 is 20.3 Å². The van der Waals surface area contributed by atoms with E-state index in [4.69, 9.17) is 10.5 Å². The van der Waals surface area contributed by atoms with E-state index in [0.29, 0.717) is 35.2 Å². The summed E-state index contributed by atoms with van der Waals surface area (Å²) in [6, 6.07) is 4.75. The summed E-state index contributed by atoms with van der Waals surface area (Å²) in [6.45, 7) is 4.15. The Morgan fingerprint density at radius 1 is 1.17 bits per heavy atom. The number of nitrogen functional groups attached to an aromatic ring is 1. The lowest BCUT2D eigenvalue weighted by atomic mass is 9.92. The van der Waals surface area contributed by atoms with Crippen molar-refractivity contribution in [3.8, 4) is 23.2 Å². The van der Waals surface area contributed by atoms with Crippen molar-refractivity contribution in [1.29, 1.82) is 5.26 Å². The quantitative estimate of drug-likeness (QED) is 0.199. The smallest absolute Gasteiger partial charge is 0.417 e. The van der Waals surface area contributed by atoms with E-state index < -0.39 is 40.6 Å². The standard InChI is InChI=1S/C29H23F5N8O2S.C7H12FN/c1-12-18-11-41(7-8-42(18)39-22(12)27(43)40(2)3)26-14-9-16(29(32,33)34)20(21(31)23(14)37-28(38-26)44-4)13-5-6-17(30)24-19(13)15(10-35)25(36)45-24;8-6-4-7-2-1-3-9(7)5-6/h5-6,9H,7-8,11,36H2,1-4H3;6-7H,1-5H2. The Labute approximate surface area is 309 Å². The number of aromatic nitrogens is 4. The van der Waals surface area contributed by atoms with E-state index in [-0.39, 0.29) is 74.7 Å². The van der Waals surface area contributed by atoms with Crippen LogP contribution in [0, 0.1) is 29.9 Å². The second kappa shape index (κ2) is 13.9. The summed E-state index contributed by atoms with van der Waals surface area (Å²) in [4.78, 5) is 26.4. The molecule has 3 aliphatic rings. The number of nitrogens with zero attached hydrogens (tertiary/aromatic N) is 8. The molecular weight excluding hydrogens is 737 g/mol. The molecule has 0 radical (unpaired) electrons. The summed E-state index contributed by atoms with van der Waals surface area (Å²) >= 11 is 0.683. The predicted octanol–water partition coefficient (Wildman–Crippen LogP) is 6.69. The first-order valence-electron chi connectivity index (χ1n) is 17.1. The zero-order valence-electron chi connectivity index (χ0n) is 29.7. The fraction of sp³-hybridized carbons (Fsp3) is 0.417. The van der Waals surface area contributed by atoms with Crippen molar-refractivity contribution >= 4 is 49.1 Å². The van der Waals surface area contributed by atoms with E-state index in [2.05, 4.69) is 20.0 Å². The number of nitrogens with two attached hydrogens (primary N) is 1. The minimum atomic E-state index is -5.09. The molecule has 18 heteroatoms. The van der Waals surface area contributed by atoms with Gasteiger partial charge in [-0.25, -0.2) is 13.2 Å². The lowest BCUT2D eigenvalue weighted by molar-refractivity contribution is -0.137. The van der Waals surface area contributed by atoms with Gasteiger partial charge in [-0.3, -0.25) is 14.4 Å². The number of benzene rings is 2. The van der Waals surface area contributed by atoms with Crippen molar-refractivity contribution in [1.82, 2.24) is 29.5 Å². The van der Waals surface area contributed by atoms with Gasteiger partial charge in [-0.1, -0.05) is 6.07 Å². The molecule has 2 fully saturated rings. The van der Waals surface area contributed by atoms with Crippen LogP contribution in [-0.2, 0) is 19.3 Å². The molecule has 1 amide bonds. The van der Waals surface area contributed by atoms with E-state index >= 15 is 4.39 Å². The summed E-state index contributed by atoms with van der Waals surface area (Å²) in [5.74, 6) is -2.51. The molecule has 3 aliphatic heterocycles. The summed E-state index contributed by atoms with van der Waals surface area (Å²) in [7, 11) is 4.43. The molecule has 0 spiro atoms. The number of fused-ring (bicyclic) bond motifs is 4. The van der Waals surface area contributed by atoms with Gasteiger partial charge in [0, 0.05) is 55.1 Å². The normalized spacial score (nSPS) is 18.4. The summed E-state index contributed by atoms with van der Waals surface area (Å²) < 4.78 is 95.0. The highest BCUT2D eigenvalue weighted by atomic mass is 32.1. The van der Waals surface area contributed by atoms with Crippen LogP contribution in [0.4, 0.5) is 37.2 Å². The number of halogens is 6. The van der Waals surface area contributed by atoms with Crippen LogP contribution >= 0.6 is 11.3 Å². The molecule has 5 aromatic rings. The van der Waals surface area contributed by atoms with Crippen LogP contribution in [0.5, 0.6) is 6.01 Å². The van der Waals surface area contributed by atoms with E-state index in [9.17, 15) is 32.0 Å². The van der Waals surface area contributed by atoms with Crippen molar-refractivity contribution in [2.75, 3.05) is 51.5 Å². The molecule has 2 N–H and O–H groups in total. The number of rotatable bonds is 4. The molecule has 284 valence electrons. The maximum absolute atomic E-state index is 16.6. The van der Waals surface area contributed by atoms with Gasteiger partial charge in [-0.2, -0.15) is 33.5 Å². The highest BCUT2D eigenvalue weighted by Crippen LogP contribution is 2.48. The van der Waals surface area contributed by atoms with Gasteiger partial charge in [0.05, 0.1) is 41.7 Å². The number of hydrogen-bond acceptors (Lipinski definition) is 10. The predicted molar refractivity (Wildman–Crippen MR) is 191 cm³/mol. The Hall–Kier alpha value is -5.15. The Balaban J connectivity index is 0.000000433. The number of hydrogen-bond donors (Lipinski definition) is 1. The molecule has 0 bridgehead atoms. The van der Waals surface area contributed by atoms with E-state index in [1.807, 2.05) is 0 Å². The molecule has 11 nitrogen and oxygen atoms in total. The van der Waals surface area contributed by atoms with E-state index in [1.54, 1.807) is 36.7 Å². The number of ether oxygens (including phenoxy) is 1. The van der Waals surface area contributed by atoms with Crippen LogP contribution in [-0.4, -0.2) is 88.5 Å². The van der Waals surface area contributed by atoms with Crippen molar-refractivity contribution in [2.24, 2.45) is 0 Å². The van der Waals surface area contributed by atoms with Crippen LogP contribution in [0.15, 0.2) is 18.2 Å². The molecule has 2 atom stereocenters. The van der Waals surface area contributed by atoms with Gasteiger partial charge in [-0.15, -0.1) is 11.3 Å². The Bertz CT molecular complexity index is 2340. The molecule has 0 saturated carbocycles. The molecule has 54 heavy (non-hydrogen) atoms. The second-order valence-corrected chi connectivity index (χ2v) is 14.7. The Kier molecular flexibility index (Phi) is 9.59. The number of anilines is 2. The van der Waals surface area contributed by atoms with Gasteiger partial charge >= 0.3 is 12.2 Å². The monoisotopic (exact) mass is 771 g/mol. The van der Waals surface area contributed by atoms with Crippen molar-refractivity contribution in [3.63, 3.8) is 0 Å². The molecular formula is C36H35F6N9O2S. The van der Waals surface area contributed by atoms with Crippen LogP contribution < -0.4 is 15.4 Å². The third kappa shape index (κ3) is 6.32. The van der Waals surface area contributed by atoms with Crippen LogP contribution in [0.25, 0.3) is 32.1 Å². The van der Waals surface area contributed by atoms with Crippen molar-refractivity contribution in [3.05, 3.63) is 57.9 Å². The van der Waals surface area contributed by atoms with E-state index in [0.717, 1.165) is 31.2 Å². The number of nitriles is 1. The number of thiophene rings is 1. The SMILES string of the molecule is COc1nc(N2CCn3nc(C(=O)N(C)C)c(C)c3C2)c2cc(C(F)(F)F)c(-c3ccc(F)c4sc(N)c(C#N)c34)c(F)c2n1.FC1CC2CCCN2C1. The van der Waals surface area contributed by atoms with Gasteiger partial charge in [0.25, 0.3) is 5.91 Å². The maximum atomic E-state index is 16.6. The number of methoxy groups -OCH3 is 1. The minimum absolute atomic E-state index is 0.0260. The van der Waals surface area contributed by atoms with Crippen LogP contribution in [0.1, 0.15) is 52.1 Å². The van der Waals surface area contributed by atoms with E-state index in [1.165, 1.54) is 24.9 Å². The topological polar surface area (TPSA) is 129 Å². The fourth-order valence-electron chi connectivity index (χ4n) is 7.59. The first-order chi connectivity index (χ1) is 25.6. The number of amides is 1. The zero-order chi connectivity index (χ0) is 38.8. The molecule has 6 heterocycles. The lowest BCUT2D eigenvalue weighted by Crippen LogP contribution is -2.35. The molecule has 0 aliphatic carbocycles. The minimum Gasteiger partial charge on any atom is -0.467 e. The largest absolute Gasteiger partial charge is 0.467 e. The third-order valence-corrected chi connectivity index (χ3v) is 11.2. The van der Waals surface area contributed by atoms with Crippen molar-refractivity contribution in [2.45, 2.75) is 57.7 Å². The Morgan fingerprint density at radius 3 is 2.59 bits per heavy atom. The van der Waals surface area contributed by atoms with Crippen LogP contribution in [0.3, 0.4) is 0 Å². The number of carbonyl (C=O) groups excluding carboxylic acids is 1. The zero-order valence-corrected chi connectivity index (χ0v) is 30.5. The van der Waals surface area contributed by atoms with Gasteiger partial charge in [-0.05, 0) is 50.4 Å². The number of carbonyl (C=O) groups is 1. The summed E-state index contributed by atoms with van der Waals surface area (Å²) in [5.41, 5.74) is 3.98. The van der Waals surface area contributed by atoms with Gasteiger partial charge in [0.1, 0.15) is 34.4 Å². The number of alkyl halides is 4. The second-order valence-electron chi connectivity index (χ2n) is 13.7. The highest BCUT2D eigenvalue weighted by Gasteiger charge is 2.39. The average molecular weight is 772 g/mol. The van der Waals surface area contributed by atoms with Gasteiger partial charge in [0.2, 0.25) is 0 Å². The van der Waals surface area contributed by atoms with Crippen molar-refractivity contribution < 1.29 is 35.9 Å². The first kappa shape index (κ1) is 37.2. The molecule has 2 saturated heterocycles. The molecule has 8 rings (SSSR count). The summed E-state index contributed by atoms with van der Waals surface area (Å²) in [5, 5.41) is 13.5. The summed E-state index contributed by atoms with van der Waals surface area (Å²) in [6.07, 6.45) is -2.28. The molecule has 2 unspecified atom stereocenters. The maximum Gasteiger partial charge on any atom is 0.417 e. The van der Waals surface area contributed by atoms with Crippen LogP contribution in [0.2, 0.25) is 0 Å². The highest BCUT2D eigenvalue weighted by molar-refractivity contribution is 7.23. The average Bonchev–Trinajstić information content (AvgIpc) is 3.89. The fourth-order valence-corrected chi connectivity index (χ4v) is 8.54. The molecule has 2 aromatic carbocycles. The third-order valence-electron chi connectivity index (χ3n) is 10.2. The van der Waals surface area contributed by atoms with Gasteiger partial charge in [0.15, 0.2) is 11.5 Å². The Morgan fingerprint density at radius 2 is 1.93 bits per heavy atom. The lowest BCUT2D eigenvalue weighted by Gasteiger charge is -2.30. The first-order valence-corrected chi connectivity index (χ1v) is 17.9.